The van der Waals surface area contributed by atoms with Crippen LogP contribution in [0.25, 0.3) is 0 Å². The lowest BCUT2D eigenvalue weighted by Crippen LogP contribution is -2.35. The molecule has 1 aliphatic heterocycles. The third-order valence-electron chi connectivity index (χ3n) is 6.50. The van der Waals surface area contributed by atoms with Crippen LogP contribution in [0.4, 0.5) is 4.39 Å². The Kier molecular flexibility index (Phi) is 7.99. The van der Waals surface area contributed by atoms with Gasteiger partial charge in [-0.15, -0.1) is 0 Å². The van der Waals surface area contributed by atoms with Crippen LogP contribution in [0.1, 0.15) is 17.0 Å². The molecule has 37 heavy (non-hydrogen) atoms. The normalized spacial score (nSPS) is 17.8. The van der Waals surface area contributed by atoms with Crippen molar-refractivity contribution in [2.75, 3.05) is 34.4 Å². The van der Waals surface area contributed by atoms with Gasteiger partial charge in [0.15, 0.2) is 11.5 Å². The van der Waals surface area contributed by atoms with Crippen LogP contribution < -0.4 is 19.5 Å². The van der Waals surface area contributed by atoms with Crippen LogP contribution >= 0.6 is 0 Å². The van der Waals surface area contributed by atoms with Crippen LogP contribution in [-0.2, 0) is 21.4 Å². The second kappa shape index (κ2) is 11.2. The highest BCUT2D eigenvalue weighted by molar-refractivity contribution is 7.89. The number of benzene rings is 3. The Morgan fingerprint density at radius 3 is 2.14 bits per heavy atom. The number of methoxy groups -OCH3 is 3. The Bertz CT molecular complexity index is 1320. The molecule has 1 aliphatic rings. The summed E-state index contributed by atoms with van der Waals surface area (Å²) < 4.78 is 57.8. The van der Waals surface area contributed by atoms with Crippen molar-refractivity contribution in [1.82, 2.24) is 9.62 Å². The molecule has 196 valence electrons. The number of nitrogens with one attached hydrogen (secondary N) is 1. The zero-order valence-corrected chi connectivity index (χ0v) is 21.6. The highest BCUT2D eigenvalue weighted by Crippen LogP contribution is 2.44. The molecule has 3 aromatic rings. The first-order valence-corrected chi connectivity index (χ1v) is 13.1. The summed E-state index contributed by atoms with van der Waals surface area (Å²) in [5.41, 5.74) is 1.41. The molecule has 0 unspecified atom stereocenters. The summed E-state index contributed by atoms with van der Waals surface area (Å²) in [5, 5.41) is 2.88. The maximum absolute atomic E-state index is 13.4. The minimum atomic E-state index is -3.84. The third-order valence-corrected chi connectivity index (χ3v) is 8.35. The summed E-state index contributed by atoms with van der Waals surface area (Å²) >= 11 is 0. The van der Waals surface area contributed by atoms with E-state index in [1.807, 2.05) is 0 Å². The molecule has 8 nitrogen and oxygen atoms in total. The highest BCUT2D eigenvalue weighted by Gasteiger charge is 2.44. The zero-order chi connectivity index (χ0) is 26.6. The Labute approximate surface area is 216 Å². The van der Waals surface area contributed by atoms with Gasteiger partial charge in [-0.05, 0) is 47.5 Å². The molecule has 0 aliphatic carbocycles. The van der Waals surface area contributed by atoms with Crippen molar-refractivity contribution < 1.29 is 31.8 Å². The van der Waals surface area contributed by atoms with E-state index in [0.717, 1.165) is 5.56 Å². The van der Waals surface area contributed by atoms with E-state index in [1.54, 1.807) is 42.5 Å². The molecular formula is C27H29FN2O6S. The molecule has 0 spiro atoms. The number of ether oxygens (including phenoxy) is 3. The summed E-state index contributed by atoms with van der Waals surface area (Å²) in [6, 6.07) is 17.4. The van der Waals surface area contributed by atoms with Crippen molar-refractivity contribution in [1.29, 1.82) is 0 Å². The summed E-state index contributed by atoms with van der Waals surface area (Å²) in [5.74, 6) is -0.637. The number of sulfonamides is 1. The van der Waals surface area contributed by atoms with Gasteiger partial charge in [0.05, 0.1) is 32.1 Å². The van der Waals surface area contributed by atoms with Crippen LogP contribution in [0.3, 0.4) is 0 Å². The minimum absolute atomic E-state index is 0.00615. The fraction of sp³-hybridized carbons (Fsp3) is 0.296. The quantitative estimate of drug-likeness (QED) is 0.457. The number of carbonyl (C=O) groups is 1. The van der Waals surface area contributed by atoms with Gasteiger partial charge in [0.1, 0.15) is 5.82 Å². The van der Waals surface area contributed by atoms with Gasteiger partial charge in [-0.3, -0.25) is 4.79 Å². The van der Waals surface area contributed by atoms with E-state index in [2.05, 4.69) is 5.32 Å². The first-order valence-electron chi connectivity index (χ1n) is 11.7. The minimum Gasteiger partial charge on any atom is -0.493 e. The van der Waals surface area contributed by atoms with Gasteiger partial charge in [-0.2, -0.15) is 4.31 Å². The fourth-order valence-corrected chi connectivity index (χ4v) is 6.06. The largest absolute Gasteiger partial charge is 0.493 e. The first-order chi connectivity index (χ1) is 17.8. The Morgan fingerprint density at radius 2 is 1.57 bits per heavy atom. The van der Waals surface area contributed by atoms with E-state index in [1.165, 1.54) is 49.9 Å². The molecular weight excluding hydrogens is 499 g/mol. The van der Waals surface area contributed by atoms with Crippen molar-refractivity contribution in [2.45, 2.75) is 17.4 Å². The van der Waals surface area contributed by atoms with E-state index in [-0.39, 0.29) is 36.3 Å². The Morgan fingerprint density at radius 1 is 0.946 bits per heavy atom. The molecule has 2 atom stereocenters. The summed E-state index contributed by atoms with van der Waals surface area (Å²) in [4.78, 5) is 13.6. The van der Waals surface area contributed by atoms with Crippen LogP contribution in [0.15, 0.2) is 71.6 Å². The molecule has 1 amide bonds. The van der Waals surface area contributed by atoms with E-state index in [9.17, 15) is 17.6 Å². The molecule has 0 bridgehead atoms. The van der Waals surface area contributed by atoms with Gasteiger partial charge in [-0.25, -0.2) is 12.8 Å². The predicted molar refractivity (Wildman–Crippen MR) is 136 cm³/mol. The van der Waals surface area contributed by atoms with Gasteiger partial charge in [0, 0.05) is 25.6 Å². The summed E-state index contributed by atoms with van der Waals surface area (Å²) in [7, 11) is 0.648. The van der Waals surface area contributed by atoms with Gasteiger partial charge >= 0.3 is 0 Å². The fourth-order valence-electron chi connectivity index (χ4n) is 4.55. The Hall–Kier alpha value is -3.63. The maximum atomic E-state index is 13.4. The lowest BCUT2D eigenvalue weighted by atomic mass is 9.87. The van der Waals surface area contributed by atoms with Crippen molar-refractivity contribution in [3.63, 3.8) is 0 Å². The molecule has 1 heterocycles. The van der Waals surface area contributed by atoms with Gasteiger partial charge in [0.25, 0.3) is 0 Å². The zero-order valence-electron chi connectivity index (χ0n) is 20.8. The van der Waals surface area contributed by atoms with Gasteiger partial charge < -0.3 is 19.5 Å². The van der Waals surface area contributed by atoms with Crippen molar-refractivity contribution in [3.8, 4) is 17.2 Å². The van der Waals surface area contributed by atoms with E-state index in [0.29, 0.717) is 22.8 Å². The molecule has 10 heteroatoms. The highest BCUT2D eigenvalue weighted by atomic mass is 32.2. The maximum Gasteiger partial charge on any atom is 0.243 e. The number of hydrogen-bond donors (Lipinski definition) is 1. The number of halogens is 1. The summed E-state index contributed by atoms with van der Waals surface area (Å²) in [6.07, 6.45) is 0. The first kappa shape index (κ1) is 26.4. The second-order valence-corrected chi connectivity index (χ2v) is 10.6. The smallest absolute Gasteiger partial charge is 0.243 e. The molecule has 4 rings (SSSR count). The number of rotatable bonds is 9. The molecule has 0 aromatic heterocycles. The molecule has 3 aromatic carbocycles. The monoisotopic (exact) mass is 528 g/mol. The summed E-state index contributed by atoms with van der Waals surface area (Å²) in [6.45, 7) is 0.265. The van der Waals surface area contributed by atoms with Gasteiger partial charge in [0.2, 0.25) is 21.7 Å². The number of hydrogen-bond acceptors (Lipinski definition) is 6. The third kappa shape index (κ3) is 5.55. The molecule has 0 radical (unpaired) electrons. The standard InChI is InChI=1S/C27H29FN2O6S/c1-34-24-13-19(14-25(35-2)26(24)36-3)22-16-30(37(32,33)21-7-5-4-6-8-21)17-23(22)27(31)29-15-18-9-11-20(28)12-10-18/h4-14,22-23H,15-17H2,1-3H3,(H,29,31)/t22-,23-/m1/s1. The molecule has 1 saturated heterocycles. The molecule has 1 fully saturated rings. The topological polar surface area (TPSA) is 94.2 Å². The van der Waals surface area contributed by atoms with Crippen LogP contribution in [-0.4, -0.2) is 53.0 Å². The lowest BCUT2D eigenvalue weighted by molar-refractivity contribution is -0.125. The average molecular weight is 529 g/mol. The van der Waals surface area contributed by atoms with Gasteiger partial charge in [-0.1, -0.05) is 30.3 Å². The van der Waals surface area contributed by atoms with Crippen molar-refractivity contribution in [2.24, 2.45) is 5.92 Å². The number of amides is 1. The van der Waals surface area contributed by atoms with Crippen LogP contribution in [0, 0.1) is 11.7 Å². The number of nitrogens with zero attached hydrogens (tertiary/aromatic N) is 1. The van der Waals surface area contributed by atoms with Crippen molar-refractivity contribution in [3.05, 3.63) is 83.7 Å². The average Bonchev–Trinajstić information content (AvgIpc) is 3.39. The van der Waals surface area contributed by atoms with E-state index < -0.39 is 21.9 Å². The van der Waals surface area contributed by atoms with Crippen LogP contribution in [0.2, 0.25) is 0 Å². The lowest BCUT2D eigenvalue weighted by Gasteiger charge is -2.21. The Balaban J connectivity index is 1.68. The molecule has 0 saturated carbocycles. The van der Waals surface area contributed by atoms with E-state index >= 15 is 0 Å². The van der Waals surface area contributed by atoms with Crippen molar-refractivity contribution >= 4 is 15.9 Å². The number of carbonyl (C=O) groups excluding carboxylic acids is 1. The van der Waals surface area contributed by atoms with E-state index in [4.69, 9.17) is 14.2 Å². The predicted octanol–water partition coefficient (Wildman–Crippen LogP) is 3.57. The molecule has 1 N–H and O–H groups in total. The SMILES string of the molecule is COc1cc([C@H]2CN(S(=O)(=O)c3ccccc3)C[C@H]2C(=O)NCc2ccc(F)cc2)cc(OC)c1OC. The second-order valence-electron chi connectivity index (χ2n) is 8.65. The van der Waals surface area contributed by atoms with Crippen LogP contribution in [0.5, 0.6) is 17.2 Å².